The Morgan fingerprint density at radius 3 is 2.52 bits per heavy atom. The molecule has 0 radical (unpaired) electrons. The molecule has 1 aliphatic heterocycles. The molecule has 148 valence electrons. The molecule has 2 heterocycles. The molecule has 1 aromatic heterocycles. The molecule has 1 saturated heterocycles. The van der Waals surface area contributed by atoms with Crippen LogP contribution in [0.3, 0.4) is 0 Å². The monoisotopic (exact) mass is 407 g/mol. The lowest BCUT2D eigenvalue weighted by molar-refractivity contribution is -0.117. The lowest BCUT2D eigenvalue weighted by Crippen LogP contribution is -2.23. The maximum Gasteiger partial charge on any atom is 0.234 e. The molecule has 0 unspecified atom stereocenters. The van der Waals surface area contributed by atoms with Gasteiger partial charge in [0.05, 0.1) is 5.75 Å². The van der Waals surface area contributed by atoms with Crippen molar-refractivity contribution in [1.82, 2.24) is 14.8 Å². The number of carbonyl (C=O) groups excluding carboxylic acids is 2. The average Bonchev–Trinajstić information content (AvgIpc) is 3.36. The number of hydrogen-bond acceptors (Lipinski definition) is 5. The minimum Gasteiger partial charge on any atom is -0.325 e. The molecular weight excluding hydrogens is 386 g/mol. The van der Waals surface area contributed by atoms with E-state index in [1.165, 1.54) is 17.3 Å². The molecule has 7 nitrogen and oxygen atoms in total. The molecule has 2 aromatic carbocycles. The second-order valence-corrected chi connectivity index (χ2v) is 7.79. The van der Waals surface area contributed by atoms with Crippen molar-refractivity contribution in [3.05, 3.63) is 60.4 Å². The van der Waals surface area contributed by atoms with Crippen LogP contribution in [0.4, 0.5) is 11.4 Å². The van der Waals surface area contributed by atoms with Gasteiger partial charge < -0.3 is 10.2 Å². The first kappa shape index (κ1) is 19.2. The van der Waals surface area contributed by atoms with Crippen LogP contribution >= 0.6 is 11.8 Å². The van der Waals surface area contributed by atoms with Crippen LogP contribution in [0, 0.1) is 6.92 Å². The summed E-state index contributed by atoms with van der Waals surface area (Å²) in [4.78, 5) is 25.9. The number of nitrogens with one attached hydrogen (secondary N) is 1. The van der Waals surface area contributed by atoms with Crippen LogP contribution in [0.1, 0.15) is 18.4 Å². The van der Waals surface area contributed by atoms with E-state index in [1.54, 1.807) is 11.2 Å². The van der Waals surface area contributed by atoms with Gasteiger partial charge in [-0.1, -0.05) is 29.5 Å². The lowest BCUT2D eigenvalue weighted by Gasteiger charge is -2.16. The molecule has 1 fully saturated rings. The van der Waals surface area contributed by atoms with E-state index in [4.69, 9.17) is 0 Å². The van der Waals surface area contributed by atoms with Crippen LogP contribution in [0.2, 0.25) is 0 Å². The highest BCUT2D eigenvalue weighted by molar-refractivity contribution is 7.99. The molecule has 29 heavy (non-hydrogen) atoms. The largest absolute Gasteiger partial charge is 0.325 e. The van der Waals surface area contributed by atoms with E-state index in [0.717, 1.165) is 24.3 Å². The summed E-state index contributed by atoms with van der Waals surface area (Å²) in [5.74, 6) is 0.242. The van der Waals surface area contributed by atoms with Crippen LogP contribution in [0.15, 0.2) is 60.0 Å². The molecule has 2 amide bonds. The van der Waals surface area contributed by atoms with Crippen LogP contribution in [0.25, 0.3) is 5.69 Å². The van der Waals surface area contributed by atoms with E-state index < -0.39 is 0 Å². The molecule has 8 heteroatoms. The molecular formula is C21H21N5O2S. The highest BCUT2D eigenvalue weighted by Crippen LogP contribution is 2.24. The smallest absolute Gasteiger partial charge is 0.234 e. The Labute approximate surface area is 173 Å². The maximum atomic E-state index is 12.3. The van der Waals surface area contributed by atoms with Crippen molar-refractivity contribution in [3.8, 4) is 5.69 Å². The molecule has 3 aromatic rings. The predicted molar refractivity (Wildman–Crippen MR) is 113 cm³/mol. The number of amides is 2. The molecule has 0 spiro atoms. The Hall–Kier alpha value is -3.13. The van der Waals surface area contributed by atoms with Crippen molar-refractivity contribution < 1.29 is 9.59 Å². The summed E-state index contributed by atoms with van der Waals surface area (Å²) in [7, 11) is 0. The van der Waals surface area contributed by atoms with Crippen molar-refractivity contribution in [3.63, 3.8) is 0 Å². The first-order chi connectivity index (χ1) is 14.1. The van der Waals surface area contributed by atoms with Crippen molar-refractivity contribution in [2.24, 2.45) is 0 Å². The summed E-state index contributed by atoms with van der Waals surface area (Å²) < 4.78 is 1.86. The molecule has 1 N–H and O–H groups in total. The fraction of sp³-hybridized carbons (Fsp3) is 0.238. The zero-order valence-corrected chi connectivity index (χ0v) is 16.9. The van der Waals surface area contributed by atoms with Crippen LogP contribution in [0.5, 0.6) is 0 Å². The number of aromatic nitrogens is 3. The number of hydrogen-bond donors (Lipinski definition) is 1. The van der Waals surface area contributed by atoms with Crippen LogP contribution in [-0.4, -0.2) is 38.9 Å². The zero-order valence-electron chi connectivity index (χ0n) is 16.0. The second-order valence-electron chi connectivity index (χ2n) is 6.85. The zero-order chi connectivity index (χ0) is 20.2. The van der Waals surface area contributed by atoms with Gasteiger partial charge in [-0.3, -0.25) is 14.2 Å². The highest BCUT2D eigenvalue weighted by Gasteiger charge is 2.21. The Morgan fingerprint density at radius 1 is 1.10 bits per heavy atom. The maximum absolute atomic E-state index is 12.3. The van der Waals surface area contributed by atoms with Gasteiger partial charge in [0.25, 0.3) is 0 Å². The van der Waals surface area contributed by atoms with Crippen LogP contribution in [-0.2, 0) is 9.59 Å². The summed E-state index contributed by atoms with van der Waals surface area (Å²) in [5.41, 5.74) is 3.70. The minimum absolute atomic E-state index is 0.126. The third-order valence-electron chi connectivity index (χ3n) is 4.70. The second kappa shape index (κ2) is 8.48. The normalized spacial score (nSPS) is 13.7. The number of rotatable bonds is 6. The fourth-order valence-corrected chi connectivity index (χ4v) is 3.91. The van der Waals surface area contributed by atoms with Crippen molar-refractivity contribution in [2.75, 3.05) is 22.5 Å². The summed E-state index contributed by atoms with van der Waals surface area (Å²) in [6, 6.07) is 15.4. The number of anilines is 2. The summed E-state index contributed by atoms with van der Waals surface area (Å²) in [6.07, 6.45) is 3.13. The average molecular weight is 407 g/mol. The van der Waals surface area contributed by atoms with Crippen LogP contribution < -0.4 is 10.2 Å². The SMILES string of the molecule is Cc1ccc(-n2cnnc2SCC(=O)Nc2ccc(N3CCCC3=O)cc2)cc1. The molecule has 1 aliphatic rings. The molecule has 0 bridgehead atoms. The Balaban J connectivity index is 1.34. The minimum atomic E-state index is -0.126. The first-order valence-corrected chi connectivity index (χ1v) is 10.4. The van der Waals surface area contributed by atoms with Gasteiger partial charge in [-0.2, -0.15) is 0 Å². The molecule has 4 rings (SSSR count). The highest BCUT2D eigenvalue weighted by atomic mass is 32.2. The number of carbonyl (C=O) groups is 2. The summed E-state index contributed by atoms with van der Waals surface area (Å²) in [6.45, 7) is 2.79. The van der Waals surface area contributed by atoms with Gasteiger partial charge in [0.1, 0.15) is 6.33 Å². The number of aryl methyl sites for hydroxylation is 1. The van der Waals surface area contributed by atoms with E-state index in [0.29, 0.717) is 17.3 Å². The van der Waals surface area contributed by atoms with E-state index in [2.05, 4.69) is 15.5 Å². The number of benzene rings is 2. The van der Waals surface area contributed by atoms with E-state index in [9.17, 15) is 9.59 Å². The van der Waals surface area contributed by atoms with E-state index in [1.807, 2.05) is 60.0 Å². The third-order valence-corrected chi connectivity index (χ3v) is 5.64. The van der Waals surface area contributed by atoms with Gasteiger partial charge in [0, 0.05) is 30.0 Å². The third kappa shape index (κ3) is 4.48. The fourth-order valence-electron chi connectivity index (χ4n) is 3.18. The molecule has 0 saturated carbocycles. The quantitative estimate of drug-likeness (QED) is 0.633. The van der Waals surface area contributed by atoms with Crippen molar-refractivity contribution in [2.45, 2.75) is 24.9 Å². The van der Waals surface area contributed by atoms with Gasteiger partial charge in [0.15, 0.2) is 5.16 Å². The predicted octanol–water partition coefficient (Wildman–Crippen LogP) is 3.43. The molecule has 0 aliphatic carbocycles. The molecule has 0 atom stereocenters. The van der Waals surface area contributed by atoms with E-state index >= 15 is 0 Å². The van der Waals surface area contributed by atoms with Gasteiger partial charge in [-0.25, -0.2) is 0 Å². The Morgan fingerprint density at radius 2 is 1.83 bits per heavy atom. The summed E-state index contributed by atoms with van der Waals surface area (Å²) >= 11 is 1.33. The van der Waals surface area contributed by atoms with Crippen molar-refractivity contribution in [1.29, 1.82) is 0 Å². The number of thioether (sulfide) groups is 1. The van der Waals surface area contributed by atoms with Gasteiger partial charge >= 0.3 is 0 Å². The topological polar surface area (TPSA) is 80.1 Å². The standard InChI is InChI=1S/C21H21N5O2S/c1-15-4-8-18(9-5-15)26-14-22-24-21(26)29-13-19(27)23-16-6-10-17(11-7-16)25-12-2-3-20(25)28/h4-11,14H,2-3,12-13H2,1H3,(H,23,27). The lowest BCUT2D eigenvalue weighted by atomic mass is 10.2. The summed E-state index contributed by atoms with van der Waals surface area (Å²) in [5, 5.41) is 11.6. The van der Waals surface area contributed by atoms with Gasteiger partial charge in [-0.05, 0) is 49.7 Å². The van der Waals surface area contributed by atoms with Gasteiger partial charge in [0.2, 0.25) is 11.8 Å². The first-order valence-electron chi connectivity index (χ1n) is 9.40. The van der Waals surface area contributed by atoms with Crippen molar-refractivity contribution >= 4 is 35.0 Å². The van der Waals surface area contributed by atoms with Gasteiger partial charge in [-0.15, -0.1) is 10.2 Å². The van der Waals surface area contributed by atoms with E-state index in [-0.39, 0.29) is 17.6 Å². The Kier molecular flexibility index (Phi) is 5.62. The number of nitrogens with zero attached hydrogens (tertiary/aromatic N) is 4. The Bertz CT molecular complexity index is 1010.